The summed E-state index contributed by atoms with van der Waals surface area (Å²) < 4.78 is 0. The molecular weight excluding hydrogens is 709 g/mol. The molecule has 3 aromatic heterocycles. The molecule has 3 unspecified atom stereocenters. The van der Waals surface area contributed by atoms with E-state index in [4.69, 9.17) is 15.0 Å². The third-order valence-corrected chi connectivity index (χ3v) is 9.13. The van der Waals surface area contributed by atoms with Gasteiger partial charge in [-0.25, -0.2) is 4.98 Å². The van der Waals surface area contributed by atoms with Crippen LogP contribution in [0.3, 0.4) is 0 Å². The van der Waals surface area contributed by atoms with Crippen LogP contribution < -0.4 is 114 Å². The summed E-state index contributed by atoms with van der Waals surface area (Å²) in [5.74, 6) is -7.64. The van der Waals surface area contributed by atoms with E-state index in [2.05, 4.69) is 11.6 Å². The number of carbonyl (C=O) groups excluding carboxylic acids is 4. The van der Waals surface area contributed by atoms with Crippen molar-refractivity contribution in [2.75, 3.05) is 0 Å². The minimum atomic E-state index is -1.68. The summed E-state index contributed by atoms with van der Waals surface area (Å²) in [6.45, 7) is 11.0. The quantitative estimate of drug-likeness (QED) is 0.166. The molecule has 3 aromatic rings. The van der Waals surface area contributed by atoms with Crippen LogP contribution in [-0.2, 0) is 31.5 Å². The van der Waals surface area contributed by atoms with Gasteiger partial charge in [-0.2, -0.15) is 0 Å². The second-order valence-corrected chi connectivity index (χ2v) is 11.5. The molecule has 0 amide bonds. The number of Topliss-reactive ketones (excluding diaryl/α,β-unsaturated/α-hetero) is 1. The number of hydrogen-bond acceptors (Lipinski definition) is 9. The van der Waals surface area contributed by atoms with Gasteiger partial charge in [0.25, 0.3) is 0 Å². The molecule has 0 fully saturated rings. The number of carboxylic acid groups (broad SMARTS) is 3. The molecule has 3 atom stereocenters. The van der Waals surface area contributed by atoms with Gasteiger partial charge in [-0.3, -0.25) is 9.78 Å². The van der Waals surface area contributed by atoms with Gasteiger partial charge in [-0.05, 0) is 55.9 Å². The molecule has 49 heavy (non-hydrogen) atoms. The fourth-order valence-electron chi connectivity index (χ4n) is 6.82. The Balaban J connectivity index is 0.00000208. The van der Waals surface area contributed by atoms with E-state index in [-0.39, 0.29) is 152 Å². The van der Waals surface area contributed by atoms with Crippen molar-refractivity contribution >= 4 is 63.0 Å². The Bertz CT molecular complexity index is 2100. The number of ketones is 1. The van der Waals surface area contributed by atoms with Crippen LogP contribution in [-0.4, -0.2) is 33.7 Å². The Hall–Kier alpha value is -1.80. The molecule has 1 aliphatic carbocycles. The van der Waals surface area contributed by atoms with Crippen LogP contribution in [0.2, 0.25) is 0 Å². The Kier molecular flexibility index (Phi) is 14.8. The number of nitrogens with zero attached hydrogens (tertiary/aromatic N) is 4. The first-order valence-electron chi connectivity index (χ1n) is 14.6. The maximum Gasteiger partial charge on any atom is 2.00 e. The molecule has 2 aliphatic heterocycles. The monoisotopic (exact) mass is 735 g/mol. The minimum absolute atomic E-state index is 0. The normalized spacial score (nSPS) is 17.3. The van der Waals surface area contributed by atoms with Crippen molar-refractivity contribution < 1.29 is 140 Å². The molecule has 8 bridgehead atoms. The summed E-state index contributed by atoms with van der Waals surface area (Å²) in [5.41, 5.74) is 4.85. The number of hydrogen-bond donors (Lipinski definition) is 0. The van der Waals surface area contributed by atoms with E-state index >= 15 is 0 Å². The molecule has 11 nitrogen and oxygen atoms in total. The number of rotatable bonds is 7. The van der Waals surface area contributed by atoms with Gasteiger partial charge in [0.1, 0.15) is 0 Å². The molecule has 239 valence electrons. The van der Waals surface area contributed by atoms with Crippen LogP contribution in [0.5, 0.6) is 0 Å². The molecule has 6 rings (SSSR count). The van der Waals surface area contributed by atoms with Crippen LogP contribution in [0.4, 0.5) is 0 Å². The van der Waals surface area contributed by atoms with Crippen LogP contribution in [0.25, 0.3) is 39.3 Å². The largest absolute Gasteiger partial charge is 2.00 e. The number of carboxylic acids is 3. The Morgan fingerprint density at radius 1 is 0.939 bits per heavy atom. The molecule has 5 heterocycles. The van der Waals surface area contributed by atoms with Gasteiger partial charge in [-0.1, -0.05) is 49.8 Å². The SMILES string of the molecule is C=Cc1c(C)c2cc3nc(c4c5[n-]c(cc6nc(cc1[n-]2)C(C(=O)[O-])=C6CC)c(C)c5C(=O)C4C(=O)[O-])C(CCC(=O)[O-])C3C.[Cu+2].[Na+].[Na+].[Na+]. The van der Waals surface area contributed by atoms with Gasteiger partial charge in [0.15, 0.2) is 5.78 Å². The molecule has 0 aromatic carbocycles. The Morgan fingerprint density at radius 2 is 1.57 bits per heavy atom. The van der Waals surface area contributed by atoms with Crippen LogP contribution >= 0.6 is 0 Å². The number of fused-ring (bicyclic) bond motifs is 8. The smallest absolute Gasteiger partial charge is 0.657 e. The zero-order chi connectivity index (χ0) is 32.5. The molecule has 0 saturated heterocycles. The fraction of sp³-hybridized carbons (Fsp3) is 0.294. The molecule has 15 heteroatoms. The second-order valence-electron chi connectivity index (χ2n) is 11.5. The van der Waals surface area contributed by atoms with Gasteiger partial charge in [0, 0.05) is 40.3 Å². The molecule has 0 spiro atoms. The summed E-state index contributed by atoms with van der Waals surface area (Å²) in [5, 5.41) is 36.4. The summed E-state index contributed by atoms with van der Waals surface area (Å²) in [7, 11) is 0. The maximum atomic E-state index is 13.7. The van der Waals surface area contributed by atoms with E-state index in [1.807, 2.05) is 13.8 Å². The van der Waals surface area contributed by atoms with E-state index in [9.17, 15) is 34.5 Å². The average molecular weight is 736 g/mol. The molecular formula is C34H27CuN4Na3O7. The topological polar surface area (TPSA) is 191 Å². The summed E-state index contributed by atoms with van der Waals surface area (Å²) in [6, 6.07) is 4.87. The summed E-state index contributed by atoms with van der Waals surface area (Å²) in [4.78, 5) is 69.0. The van der Waals surface area contributed by atoms with Gasteiger partial charge < -0.3 is 39.7 Å². The van der Waals surface area contributed by atoms with Crippen molar-refractivity contribution in [1.82, 2.24) is 19.9 Å². The van der Waals surface area contributed by atoms with Crippen LogP contribution in [0.1, 0.15) is 106 Å². The van der Waals surface area contributed by atoms with Crippen LogP contribution in [0, 0.1) is 13.8 Å². The van der Waals surface area contributed by atoms with Crippen molar-refractivity contribution in [3.05, 3.63) is 75.4 Å². The number of aromatic nitrogens is 4. The van der Waals surface area contributed by atoms with Gasteiger partial charge in [-0.15, -0.1) is 22.1 Å². The van der Waals surface area contributed by atoms with Gasteiger partial charge in [0.2, 0.25) is 0 Å². The van der Waals surface area contributed by atoms with Crippen molar-refractivity contribution in [2.45, 2.75) is 64.7 Å². The van der Waals surface area contributed by atoms with Crippen molar-refractivity contribution in [3.8, 4) is 0 Å². The number of carbonyl (C=O) groups is 4. The summed E-state index contributed by atoms with van der Waals surface area (Å²) >= 11 is 0. The molecule has 3 aliphatic rings. The van der Waals surface area contributed by atoms with Gasteiger partial charge in [0.05, 0.1) is 29.2 Å². The molecule has 0 N–H and O–H groups in total. The van der Waals surface area contributed by atoms with E-state index in [1.54, 1.807) is 38.1 Å². The van der Waals surface area contributed by atoms with Crippen molar-refractivity contribution in [2.24, 2.45) is 0 Å². The Labute approximate surface area is 359 Å². The van der Waals surface area contributed by atoms with Gasteiger partial charge >= 0.3 is 106 Å². The van der Waals surface area contributed by atoms with E-state index in [0.717, 1.165) is 5.56 Å². The van der Waals surface area contributed by atoms with E-state index < -0.39 is 41.4 Å². The number of aryl methyl sites for hydroxylation is 2. The van der Waals surface area contributed by atoms with Crippen molar-refractivity contribution in [1.29, 1.82) is 0 Å². The standard InChI is InChI=1S/C34H32N4O7.Cu.3Na/c1-6-16-13(3)19-10-20-14(4)18(8-9-25(39)40)30(37-20)28-29(34(44)45)32(41)26-15(5)21(38-31(26)28)11-23-17(7-2)27(33(42)43)24(36-23)12-22(16)35-19;;;;/h6,10-12,14,18,29H,1,7-9H2,2-5H3,(H5,35,36,37,38,39,40,41,42,43,44,45);;;;/q;+2;3*+1/p-5. The first-order chi connectivity index (χ1) is 21.4. The molecule has 0 saturated carbocycles. The predicted octanol–water partition coefficient (Wildman–Crippen LogP) is -7.64. The summed E-state index contributed by atoms with van der Waals surface area (Å²) in [6.07, 6.45) is 1.68. The Morgan fingerprint density at radius 3 is 2.14 bits per heavy atom. The average Bonchev–Trinajstić information content (AvgIpc) is 3.72. The first kappa shape index (κ1) is 43.4. The second kappa shape index (κ2) is 16.7. The zero-order valence-electron chi connectivity index (χ0n) is 28.3. The zero-order valence-corrected chi connectivity index (χ0v) is 35.3. The number of allylic oxidation sites excluding steroid dienone is 1. The minimum Gasteiger partial charge on any atom is -0.657 e. The van der Waals surface area contributed by atoms with E-state index in [1.165, 1.54) is 0 Å². The maximum absolute atomic E-state index is 13.7. The third-order valence-electron chi connectivity index (χ3n) is 9.13. The third kappa shape index (κ3) is 7.30. The fourth-order valence-corrected chi connectivity index (χ4v) is 6.82. The first-order valence-corrected chi connectivity index (χ1v) is 14.6. The number of aliphatic carboxylic acids is 3. The van der Waals surface area contributed by atoms with E-state index in [0.29, 0.717) is 51.1 Å². The van der Waals surface area contributed by atoms with Crippen LogP contribution in [0.15, 0.2) is 24.8 Å². The predicted molar refractivity (Wildman–Crippen MR) is 158 cm³/mol. The molecule has 1 radical (unpaired) electrons. The van der Waals surface area contributed by atoms with Crippen molar-refractivity contribution in [3.63, 3.8) is 0 Å².